The highest BCUT2D eigenvalue weighted by atomic mass is 31.2. The zero-order valence-electron chi connectivity index (χ0n) is 17.9. The molecule has 0 aromatic heterocycles. The molecule has 1 aliphatic rings. The third kappa shape index (κ3) is 6.68. The van der Waals surface area contributed by atoms with Crippen molar-refractivity contribution < 1.29 is 27.6 Å². The lowest BCUT2D eigenvalue weighted by Gasteiger charge is -2.15. The molecule has 0 radical (unpaired) electrons. The van der Waals surface area contributed by atoms with E-state index in [-0.39, 0.29) is 0 Å². The van der Waals surface area contributed by atoms with E-state index in [1.165, 1.54) is 0 Å². The van der Waals surface area contributed by atoms with Crippen LogP contribution in [-0.2, 0) is 37.8 Å². The molecule has 0 bridgehead atoms. The number of aryl methyl sites for hydroxylation is 1. The number of rotatable bonds is 11. The van der Waals surface area contributed by atoms with E-state index in [2.05, 4.69) is 0 Å². The average Bonchev–Trinajstić information content (AvgIpc) is 3.27. The topological polar surface area (TPSA) is 63.2 Å². The van der Waals surface area contributed by atoms with Crippen molar-refractivity contribution in [3.8, 4) is 11.5 Å². The van der Waals surface area contributed by atoms with Crippen LogP contribution in [0.15, 0.2) is 78.9 Å². The number of ether oxygens (including phenoxy) is 2. The van der Waals surface area contributed by atoms with Crippen LogP contribution < -0.4 is 9.47 Å². The Balaban J connectivity index is 1.38. The Morgan fingerprint density at radius 2 is 1.31 bits per heavy atom. The average molecular weight is 454 g/mol. The third-order valence-electron chi connectivity index (χ3n) is 4.92. The standard InChI is InChI=1S/C25H27O6P/c26-32(30-16-17-31-32)29-15-7-12-21-13-14-24(27-19-22-8-3-1-4-9-22)25(18-21)28-20-23-10-5-2-6-11-23/h1-6,8-11,13-14,18H,7,12,15-17,19-20H2. The lowest BCUT2D eigenvalue weighted by Crippen LogP contribution is -2.02. The number of hydrogen-bond donors (Lipinski definition) is 0. The van der Waals surface area contributed by atoms with Crippen LogP contribution >= 0.6 is 7.82 Å². The summed E-state index contributed by atoms with van der Waals surface area (Å²) in [6.45, 7) is 1.83. The van der Waals surface area contributed by atoms with Gasteiger partial charge in [-0.05, 0) is 41.7 Å². The van der Waals surface area contributed by atoms with Crippen molar-refractivity contribution in [2.24, 2.45) is 0 Å². The summed E-state index contributed by atoms with van der Waals surface area (Å²) in [6, 6.07) is 26.0. The number of benzene rings is 3. The van der Waals surface area contributed by atoms with Crippen molar-refractivity contribution in [2.45, 2.75) is 26.1 Å². The Kier molecular flexibility index (Phi) is 7.97. The molecule has 1 aliphatic heterocycles. The maximum atomic E-state index is 12.0. The first-order valence-corrected chi connectivity index (χ1v) is 12.2. The molecule has 0 atom stereocenters. The lowest BCUT2D eigenvalue weighted by atomic mass is 10.1. The van der Waals surface area contributed by atoms with E-state index in [4.69, 9.17) is 23.0 Å². The second kappa shape index (κ2) is 11.3. The van der Waals surface area contributed by atoms with Gasteiger partial charge < -0.3 is 9.47 Å². The van der Waals surface area contributed by atoms with E-state index in [9.17, 15) is 4.57 Å². The van der Waals surface area contributed by atoms with Gasteiger partial charge in [-0.15, -0.1) is 0 Å². The van der Waals surface area contributed by atoms with E-state index in [1.54, 1.807) is 0 Å². The Hall–Kier alpha value is -2.63. The van der Waals surface area contributed by atoms with Crippen molar-refractivity contribution in [2.75, 3.05) is 19.8 Å². The highest BCUT2D eigenvalue weighted by Gasteiger charge is 2.31. The number of phosphoric ester groups is 1. The van der Waals surface area contributed by atoms with Crippen LogP contribution in [0.4, 0.5) is 0 Å². The molecule has 4 rings (SSSR count). The minimum atomic E-state index is -3.34. The maximum absolute atomic E-state index is 12.0. The Bertz CT molecular complexity index is 1020. The van der Waals surface area contributed by atoms with Gasteiger partial charge in [-0.3, -0.25) is 13.6 Å². The molecule has 1 fully saturated rings. The summed E-state index contributed by atoms with van der Waals surface area (Å²) >= 11 is 0. The minimum absolute atomic E-state index is 0.295. The SMILES string of the molecule is O=P1(OCCCc2ccc(OCc3ccccc3)c(OCc3ccccc3)c2)OCCO1. The fraction of sp³-hybridized carbons (Fsp3) is 0.280. The Labute approximate surface area is 188 Å². The molecule has 1 heterocycles. The van der Waals surface area contributed by atoms with Crippen LogP contribution in [-0.4, -0.2) is 19.8 Å². The van der Waals surface area contributed by atoms with Crippen LogP contribution in [0.5, 0.6) is 11.5 Å². The molecule has 0 unspecified atom stereocenters. The van der Waals surface area contributed by atoms with Crippen LogP contribution in [0.3, 0.4) is 0 Å². The van der Waals surface area contributed by atoms with Crippen molar-refractivity contribution in [3.63, 3.8) is 0 Å². The highest BCUT2D eigenvalue weighted by molar-refractivity contribution is 7.48. The predicted molar refractivity (Wildman–Crippen MR) is 122 cm³/mol. The van der Waals surface area contributed by atoms with Gasteiger partial charge in [-0.1, -0.05) is 66.7 Å². The summed E-state index contributed by atoms with van der Waals surface area (Å²) in [7, 11) is -3.34. The van der Waals surface area contributed by atoms with Gasteiger partial charge in [0.2, 0.25) is 0 Å². The van der Waals surface area contributed by atoms with Gasteiger partial charge in [0.1, 0.15) is 13.2 Å². The maximum Gasteiger partial charge on any atom is 0.474 e. The van der Waals surface area contributed by atoms with E-state index < -0.39 is 7.82 Å². The lowest BCUT2D eigenvalue weighted by molar-refractivity contribution is 0.189. The quantitative estimate of drug-likeness (QED) is 0.264. The summed E-state index contributed by atoms with van der Waals surface area (Å²) in [5.41, 5.74) is 3.26. The zero-order valence-corrected chi connectivity index (χ0v) is 18.7. The molecule has 6 nitrogen and oxygen atoms in total. The van der Waals surface area contributed by atoms with Gasteiger partial charge in [0.25, 0.3) is 0 Å². The van der Waals surface area contributed by atoms with Crippen LogP contribution in [0, 0.1) is 0 Å². The molecular weight excluding hydrogens is 427 g/mol. The van der Waals surface area contributed by atoms with Gasteiger partial charge in [0.05, 0.1) is 19.8 Å². The largest absolute Gasteiger partial charge is 0.485 e. The van der Waals surface area contributed by atoms with Crippen molar-refractivity contribution in [3.05, 3.63) is 95.6 Å². The molecule has 168 valence electrons. The van der Waals surface area contributed by atoms with E-state index >= 15 is 0 Å². The highest BCUT2D eigenvalue weighted by Crippen LogP contribution is 2.52. The molecule has 3 aromatic rings. The number of phosphoric acid groups is 1. The van der Waals surface area contributed by atoms with Gasteiger partial charge in [0, 0.05) is 0 Å². The molecule has 0 spiro atoms. The van der Waals surface area contributed by atoms with Gasteiger partial charge in [-0.2, -0.15) is 0 Å². The van der Waals surface area contributed by atoms with E-state index in [0.29, 0.717) is 51.0 Å². The zero-order chi connectivity index (χ0) is 22.1. The van der Waals surface area contributed by atoms with Gasteiger partial charge in [0.15, 0.2) is 11.5 Å². The third-order valence-corrected chi connectivity index (χ3v) is 6.42. The number of hydrogen-bond acceptors (Lipinski definition) is 6. The fourth-order valence-corrected chi connectivity index (χ4v) is 4.45. The molecule has 32 heavy (non-hydrogen) atoms. The summed E-state index contributed by atoms with van der Waals surface area (Å²) in [4.78, 5) is 0. The van der Waals surface area contributed by atoms with Crippen molar-refractivity contribution in [1.29, 1.82) is 0 Å². The first kappa shape index (κ1) is 22.6. The monoisotopic (exact) mass is 454 g/mol. The Morgan fingerprint density at radius 3 is 1.94 bits per heavy atom. The molecule has 7 heteroatoms. The second-order valence-electron chi connectivity index (χ2n) is 7.38. The van der Waals surface area contributed by atoms with Crippen LogP contribution in [0.1, 0.15) is 23.1 Å². The van der Waals surface area contributed by atoms with Gasteiger partial charge >= 0.3 is 7.82 Å². The fourth-order valence-electron chi connectivity index (χ4n) is 3.27. The van der Waals surface area contributed by atoms with E-state index in [1.807, 2.05) is 78.9 Å². The summed E-state index contributed by atoms with van der Waals surface area (Å²) < 4.78 is 39.6. The smallest absolute Gasteiger partial charge is 0.474 e. The molecule has 0 aliphatic carbocycles. The predicted octanol–water partition coefficient (Wildman–Crippen LogP) is 5.95. The van der Waals surface area contributed by atoms with Crippen molar-refractivity contribution in [1.82, 2.24) is 0 Å². The first-order valence-electron chi connectivity index (χ1n) is 10.7. The minimum Gasteiger partial charge on any atom is -0.485 e. The summed E-state index contributed by atoms with van der Waals surface area (Å²) in [5.74, 6) is 1.39. The normalized spacial score (nSPS) is 14.9. The molecule has 1 saturated heterocycles. The van der Waals surface area contributed by atoms with Crippen LogP contribution in [0.25, 0.3) is 0 Å². The second-order valence-corrected chi connectivity index (χ2v) is 9.05. The summed E-state index contributed by atoms with van der Waals surface area (Å²) in [6.07, 6.45) is 1.42. The molecule has 0 amide bonds. The summed E-state index contributed by atoms with van der Waals surface area (Å²) in [5, 5.41) is 0. The molecular formula is C25H27O6P. The van der Waals surface area contributed by atoms with Crippen molar-refractivity contribution >= 4 is 7.82 Å². The molecule has 3 aromatic carbocycles. The molecule has 0 saturated carbocycles. The van der Waals surface area contributed by atoms with Gasteiger partial charge in [-0.25, -0.2) is 4.57 Å². The molecule has 0 N–H and O–H groups in total. The first-order chi connectivity index (χ1) is 15.7. The Morgan fingerprint density at radius 1 is 0.719 bits per heavy atom. The van der Waals surface area contributed by atoms with E-state index in [0.717, 1.165) is 23.1 Å². The van der Waals surface area contributed by atoms with Crippen LogP contribution in [0.2, 0.25) is 0 Å².